The lowest BCUT2D eigenvalue weighted by molar-refractivity contribution is 0.0860. The molecule has 0 spiro atoms. The molecule has 0 radical (unpaired) electrons. The Bertz CT molecular complexity index is 333. The van der Waals surface area contributed by atoms with Crippen molar-refractivity contribution >= 4 is 0 Å². The van der Waals surface area contributed by atoms with Crippen LogP contribution in [0.4, 0.5) is 8.78 Å². The number of rotatable bonds is 6. The first kappa shape index (κ1) is 14.1. The average molecular weight is 242 g/mol. The summed E-state index contributed by atoms with van der Waals surface area (Å²) >= 11 is 0. The minimum absolute atomic E-state index is 0.217. The van der Waals surface area contributed by atoms with Crippen LogP contribution in [0.25, 0.3) is 0 Å². The first-order valence-corrected chi connectivity index (χ1v) is 5.80. The summed E-state index contributed by atoms with van der Waals surface area (Å²) in [7, 11) is 0. The molecule has 4 heteroatoms. The van der Waals surface area contributed by atoms with Gasteiger partial charge in [-0.2, -0.15) is 0 Å². The van der Waals surface area contributed by atoms with Gasteiger partial charge in [0.25, 0.3) is 6.43 Å². The van der Waals surface area contributed by atoms with Gasteiger partial charge in [-0.25, -0.2) is 8.78 Å². The molecule has 0 amide bonds. The maximum atomic E-state index is 12.4. The van der Waals surface area contributed by atoms with Crippen LogP contribution in [-0.4, -0.2) is 31.0 Å². The third kappa shape index (κ3) is 4.40. The van der Waals surface area contributed by atoms with Crippen LogP contribution in [-0.2, 0) is 6.54 Å². The minimum atomic E-state index is -2.31. The smallest absolute Gasteiger partial charge is 0.251 e. The maximum Gasteiger partial charge on any atom is 0.251 e. The molecule has 0 atom stereocenters. The van der Waals surface area contributed by atoms with Crippen LogP contribution in [0.1, 0.15) is 16.7 Å². The molecule has 0 fully saturated rings. The van der Waals surface area contributed by atoms with E-state index in [1.54, 1.807) is 4.90 Å². The molecule has 1 aromatic carbocycles. The van der Waals surface area contributed by atoms with E-state index in [1.165, 1.54) is 0 Å². The zero-order valence-electron chi connectivity index (χ0n) is 10.4. The predicted octanol–water partition coefficient (Wildman–Crippen LogP) is 2.33. The van der Waals surface area contributed by atoms with Gasteiger partial charge in [-0.05, 0) is 30.5 Å². The Kier molecular flexibility index (Phi) is 5.51. The number of nitrogens with two attached hydrogens (primary N) is 1. The minimum Gasteiger partial charge on any atom is -0.329 e. The lowest BCUT2D eigenvalue weighted by Crippen LogP contribution is -2.33. The van der Waals surface area contributed by atoms with Crippen molar-refractivity contribution in [2.75, 3.05) is 19.6 Å². The van der Waals surface area contributed by atoms with Gasteiger partial charge in [0, 0.05) is 19.6 Å². The molecular formula is C13H20F2N2. The highest BCUT2D eigenvalue weighted by molar-refractivity contribution is 5.33. The fourth-order valence-corrected chi connectivity index (χ4v) is 1.93. The van der Waals surface area contributed by atoms with Crippen LogP contribution in [0.5, 0.6) is 0 Å². The van der Waals surface area contributed by atoms with E-state index in [4.69, 9.17) is 5.73 Å². The molecule has 96 valence electrons. The standard InChI is InChI=1S/C13H20F2N2/c1-10-4-3-5-11(2)12(10)8-17(7-6-16)9-13(14)15/h3-5,13H,6-9,16H2,1-2H3. The second-order valence-corrected chi connectivity index (χ2v) is 4.29. The Hall–Kier alpha value is -1.00. The molecule has 0 aliphatic carbocycles. The van der Waals surface area contributed by atoms with Crippen LogP contribution < -0.4 is 5.73 Å². The summed E-state index contributed by atoms with van der Waals surface area (Å²) in [4.78, 5) is 1.71. The summed E-state index contributed by atoms with van der Waals surface area (Å²) < 4.78 is 24.9. The largest absolute Gasteiger partial charge is 0.329 e. The maximum absolute atomic E-state index is 12.4. The van der Waals surface area contributed by atoms with Gasteiger partial charge in [0.15, 0.2) is 0 Å². The Balaban J connectivity index is 2.78. The van der Waals surface area contributed by atoms with Crippen LogP contribution in [0, 0.1) is 13.8 Å². The molecule has 0 aliphatic heterocycles. The third-order valence-corrected chi connectivity index (χ3v) is 2.87. The number of halogens is 2. The molecule has 0 unspecified atom stereocenters. The average Bonchev–Trinajstić information content (AvgIpc) is 2.23. The number of benzene rings is 1. The Morgan fingerprint density at radius 3 is 2.29 bits per heavy atom. The SMILES string of the molecule is Cc1cccc(C)c1CN(CCN)CC(F)F. The van der Waals surface area contributed by atoms with Gasteiger partial charge in [-0.15, -0.1) is 0 Å². The quantitative estimate of drug-likeness (QED) is 0.829. The lowest BCUT2D eigenvalue weighted by Gasteiger charge is -2.23. The number of alkyl halides is 2. The molecule has 2 N–H and O–H groups in total. The molecule has 1 rings (SSSR count). The van der Waals surface area contributed by atoms with E-state index in [-0.39, 0.29) is 6.54 Å². The van der Waals surface area contributed by atoms with Gasteiger partial charge < -0.3 is 5.73 Å². The molecule has 2 nitrogen and oxygen atoms in total. The van der Waals surface area contributed by atoms with Crippen molar-refractivity contribution < 1.29 is 8.78 Å². The summed E-state index contributed by atoms with van der Waals surface area (Å²) in [5.41, 5.74) is 8.85. The monoisotopic (exact) mass is 242 g/mol. The summed E-state index contributed by atoms with van der Waals surface area (Å²) in [6.07, 6.45) is -2.31. The van der Waals surface area contributed by atoms with Crippen LogP contribution in [0.15, 0.2) is 18.2 Å². The number of hydrogen-bond donors (Lipinski definition) is 1. The molecule has 0 heterocycles. The van der Waals surface area contributed by atoms with E-state index in [1.807, 2.05) is 32.0 Å². The van der Waals surface area contributed by atoms with Gasteiger partial charge in [-0.1, -0.05) is 18.2 Å². The van der Waals surface area contributed by atoms with Crippen LogP contribution >= 0.6 is 0 Å². The second-order valence-electron chi connectivity index (χ2n) is 4.29. The fraction of sp³-hybridized carbons (Fsp3) is 0.538. The van der Waals surface area contributed by atoms with E-state index in [0.29, 0.717) is 19.6 Å². The zero-order chi connectivity index (χ0) is 12.8. The van der Waals surface area contributed by atoms with Crippen molar-refractivity contribution in [3.8, 4) is 0 Å². The Morgan fingerprint density at radius 2 is 1.82 bits per heavy atom. The topological polar surface area (TPSA) is 29.3 Å². The summed E-state index contributed by atoms with van der Waals surface area (Å²) in [6.45, 7) is 5.23. The lowest BCUT2D eigenvalue weighted by atomic mass is 10.0. The van der Waals surface area contributed by atoms with Gasteiger partial charge in [-0.3, -0.25) is 4.90 Å². The highest BCUT2D eigenvalue weighted by Gasteiger charge is 2.13. The fourth-order valence-electron chi connectivity index (χ4n) is 1.93. The normalized spacial score (nSPS) is 11.5. The highest BCUT2D eigenvalue weighted by atomic mass is 19.3. The van der Waals surface area contributed by atoms with Crippen molar-refractivity contribution in [2.45, 2.75) is 26.8 Å². The first-order chi connectivity index (χ1) is 8.04. The van der Waals surface area contributed by atoms with E-state index in [2.05, 4.69) is 0 Å². The van der Waals surface area contributed by atoms with E-state index in [0.717, 1.165) is 16.7 Å². The molecule has 0 aliphatic rings. The van der Waals surface area contributed by atoms with Crippen LogP contribution in [0.3, 0.4) is 0 Å². The van der Waals surface area contributed by atoms with Gasteiger partial charge >= 0.3 is 0 Å². The van der Waals surface area contributed by atoms with Gasteiger partial charge in [0.05, 0.1) is 6.54 Å². The molecular weight excluding hydrogens is 222 g/mol. The van der Waals surface area contributed by atoms with Crippen molar-refractivity contribution in [3.63, 3.8) is 0 Å². The third-order valence-electron chi connectivity index (χ3n) is 2.87. The Labute approximate surface area is 101 Å². The summed E-state index contributed by atoms with van der Waals surface area (Å²) in [5.74, 6) is 0. The Morgan fingerprint density at radius 1 is 1.24 bits per heavy atom. The van der Waals surface area contributed by atoms with E-state index >= 15 is 0 Å². The van der Waals surface area contributed by atoms with Crippen molar-refractivity contribution in [2.24, 2.45) is 5.73 Å². The molecule has 1 aromatic rings. The second kappa shape index (κ2) is 6.67. The molecule has 0 saturated heterocycles. The summed E-state index contributed by atoms with van der Waals surface area (Å²) in [5, 5.41) is 0. The van der Waals surface area contributed by atoms with Crippen molar-refractivity contribution in [1.82, 2.24) is 4.90 Å². The zero-order valence-corrected chi connectivity index (χ0v) is 10.4. The highest BCUT2D eigenvalue weighted by Crippen LogP contribution is 2.16. The van der Waals surface area contributed by atoms with E-state index < -0.39 is 6.43 Å². The van der Waals surface area contributed by atoms with E-state index in [9.17, 15) is 8.78 Å². The van der Waals surface area contributed by atoms with Crippen LogP contribution in [0.2, 0.25) is 0 Å². The van der Waals surface area contributed by atoms with Crippen molar-refractivity contribution in [3.05, 3.63) is 34.9 Å². The van der Waals surface area contributed by atoms with Gasteiger partial charge in [0.2, 0.25) is 0 Å². The van der Waals surface area contributed by atoms with Gasteiger partial charge in [0.1, 0.15) is 0 Å². The number of hydrogen-bond acceptors (Lipinski definition) is 2. The molecule has 0 bridgehead atoms. The number of nitrogens with zero attached hydrogens (tertiary/aromatic N) is 1. The molecule has 0 saturated carbocycles. The summed E-state index contributed by atoms with van der Waals surface area (Å²) in [6, 6.07) is 5.99. The first-order valence-electron chi connectivity index (χ1n) is 5.80. The molecule has 0 aromatic heterocycles. The number of aryl methyl sites for hydroxylation is 2. The molecule has 17 heavy (non-hydrogen) atoms. The predicted molar refractivity (Wildman–Crippen MR) is 66.3 cm³/mol. The van der Waals surface area contributed by atoms with Crippen molar-refractivity contribution in [1.29, 1.82) is 0 Å².